The van der Waals surface area contributed by atoms with E-state index in [2.05, 4.69) is 5.32 Å². The Labute approximate surface area is 275 Å². The second-order valence-corrected chi connectivity index (χ2v) is 16.3. The molecule has 1 saturated heterocycles. The molecule has 2 aromatic carbocycles. The van der Waals surface area contributed by atoms with Gasteiger partial charge in [0.2, 0.25) is 11.7 Å². The van der Waals surface area contributed by atoms with E-state index in [1.165, 1.54) is 4.90 Å². The number of benzene rings is 2. The van der Waals surface area contributed by atoms with Crippen LogP contribution in [0.15, 0.2) is 42.5 Å². The van der Waals surface area contributed by atoms with Crippen molar-refractivity contribution in [2.75, 3.05) is 38.1 Å². The van der Waals surface area contributed by atoms with Crippen LogP contribution in [-0.4, -0.2) is 75.7 Å². The van der Waals surface area contributed by atoms with Gasteiger partial charge in [0.05, 0.1) is 20.0 Å². The van der Waals surface area contributed by atoms with E-state index in [1.807, 2.05) is 19.1 Å². The van der Waals surface area contributed by atoms with Crippen molar-refractivity contribution < 1.29 is 41.8 Å². The molecule has 13 heteroatoms. The number of anilines is 1. The summed E-state index contributed by atoms with van der Waals surface area (Å²) < 4.78 is 39.9. The number of rotatable bonds is 15. The van der Waals surface area contributed by atoms with Crippen molar-refractivity contribution in [3.05, 3.63) is 53.6 Å². The van der Waals surface area contributed by atoms with Crippen LogP contribution in [0.2, 0.25) is 0 Å². The molecule has 252 valence electrons. The van der Waals surface area contributed by atoms with Gasteiger partial charge in [-0.1, -0.05) is 39.0 Å². The molecule has 0 spiro atoms. The predicted octanol–water partition coefficient (Wildman–Crippen LogP) is 4.94. The van der Waals surface area contributed by atoms with E-state index in [-0.39, 0.29) is 12.3 Å². The molecule has 0 bridgehead atoms. The van der Waals surface area contributed by atoms with Gasteiger partial charge < -0.3 is 24.4 Å². The van der Waals surface area contributed by atoms with E-state index in [9.17, 15) is 27.6 Å². The monoisotopic (exact) mass is 676 g/mol. The topological polar surface area (TPSA) is 145 Å². The zero-order valence-electron chi connectivity index (χ0n) is 27.3. The predicted molar refractivity (Wildman–Crippen MR) is 178 cm³/mol. The first-order valence-corrected chi connectivity index (χ1v) is 18.6. The second kappa shape index (κ2) is 16.3. The molecular weight excluding hydrogens is 633 g/mol. The van der Waals surface area contributed by atoms with E-state index >= 15 is 0 Å². The Hall–Kier alpha value is -3.58. The van der Waals surface area contributed by atoms with Crippen LogP contribution in [0.25, 0.3) is 0 Å². The molecule has 1 aliphatic rings. The summed E-state index contributed by atoms with van der Waals surface area (Å²) in [7, 11) is 0.231. The van der Waals surface area contributed by atoms with E-state index < -0.39 is 50.0 Å². The van der Waals surface area contributed by atoms with Gasteiger partial charge in [-0.05, 0) is 84.7 Å². The van der Waals surface area contributed by atoms with Crippen molar-refractivity contribution in [3.63, 3.8) is 0 Å². The number of ether oxygens (including phenoxy) is 3. The number of amides is 2. The average Bonchev–Trinajstić information content (AvgIpc) is 3.04. The zero-order valence-corrected chi connectivity index (χ0v) is 28.9. The number of esters is 1. The first-order chi connectivity index (χ1) is 21.7. The lowest BCUT2D eigenvalue weighted by atomic mass is 9.84. The van der Waals surface area contributed by atoms with Gasteiger partial charge in [-0.2, -0.15) is 0 Å². The Bertz CT molecular complexity index is 1520. The van der Waals surface area contributed by atoms with Crippen LogP contribution in [0.5, 0.6) is 11.5 Å². The highest BCUT2D eigenvalue weighted by Crippen LogP contribution is 2.32. The van der Waals surface area contributed by atoms with Gasteiger partial charge in [0.1, 0.15) is 12.1 Å². The number of piperidine rings is 1. The summed E-state index contributed by atoms with van der Waals surface area (Å²) in [6.45, 7) is 5.57. The fourth-order valence-electron chi connectivity index (χ4n) is 5.02. The highest BCUT2D eigenvalue weighted by atomic mass is 33.1. The first-order valence-electron chi connectivity index (χ1n) is 15.2. The number of ketones is 1. The van der Waals surface area contributed by atoms with Gasteiger partial charge in [-0.15, -0.1) is 0 Å². The SMILES string of the molecule is CCC(C)(C)C(=O)C(=O)N1CCCC[C@H]1C(=O)O[C@H](CCc1ccc(OC)c(OC)c1)c1cccc(NC(=O)CSS(C)(=O)=O)c1. The van der Waals surface area contributed by atoms with Crippen molar-refractivity contribution in [2.45, 2.75) is 71.4 Å². The molecule has 0 saturated carbocycles. The van der Waals surface area contributed by atoms with Crippen molar-refractivity contribution >= 4 is 48.9 Å². The Morgan fingerprint density at radius 3 is 2.41 bits per heavy atom. The molecule has 1 aliphatic heterocycles. The van der Waals surface area contributed by atoms with Crippen LogP contribution >= 0.6 is 10.8 Å². The molecule has 1 fully saturated rings. The normalized spacial score (nSPS) is 15.9. The van der Waals surface area contributed by atoms with Crippen LogP contribution in [0, 0.1) is 5.41 Å². The molecule has 0 aliphatic carbocycles. The molecule has 11 nitrogen and oxygen atoms in total. The van der Waals surface area contributed by atoms with Gasteiger partial charge in [-0.3, -0.25) is 14.4 Å². The number of carbonyl (C=O) groups excluding carboxylic acids is 4. The van der Waals surface area contributed by atoms with E-state index in [0.29, 0.717) is 72.1 Å². The third kappa shape index (κ3) is 10.2. The summed E-state index contributed by atoms with van der Waals surface area (Å²) in [5.41, 5.74) is 1.06. The molecule has 46 heavy (non-hydrogen) atoms. The molecule has 1 heterocycles. The number of aryl methyl sites for hydroxylation is 1. The number of carbonyl (C=O) groups is 4. The highest BCUT2D eigenvalue weighted by Gasteiger charge is 2.41. The van der Waals surface area contributed by atoms with Crippen molar-refractivity contribution in [3.8, 4) is 11.5 Å². The zero-order chi connectivity index (χ0) is 34.1. The lowest BCUT2D eigenvalue weighted by molar-refractivity contribution is -0.164. The Kier molecular flexibility index (Phi) is 13.1. The van der Waals surface area contributed by atoms with Gasteiger partial charge in [-0.25, -0.2) is 13.2 Å². The minimum atomic E-state index is -3.39. The quantitative estimate of drug-likeness (QED) is 0.156. The third-order valence-electron chi connectivity index (χ3n) is 8.08. The maximum absolute atomic E-state index is 13.8. The minimum Gasteiger partial charge on any atom is -0.493 e. The molecule has 2 atom stereocenters. The molecule has 3 rings (SSSR count). The van der Waals surface area contributed by atoms with Gasteiger partial charge >= 0.3 is 5.97 Å². The second-order valence-electron chi connectivity index (χ2n) is 11.9. The summed E-state index contributed by atoms with van der Waals surface area (Å²) in [6.07, 6.45) is 3.34. The standard InChI is InChI=1S/C33H44N2O9S2/c1-7-33(2,3)30(37)31(38)35-18-9-8-13-25(35)32(39)44-26(16-14-22-15-17-27(42-4)28(19-22)43-5)23-11-10-12-24(20-23)34-29(36)21-45-46(6,40)41/h10-12,15,17,19-20,25-26H,7-9,13-14,16,18,21H2,1-6H3,(H,34,36)/t25-,26+/m0/s1. The fourth-order valence-corrected chi connectivity index (χ4v) is 6.38. The van der Waals surface area contributed by atoms with E-state index in [0.717, 1.165) is 11.8 Å². The Balaban J connectivity index is 1.88. The van der Waals surface area contributed by atoms with Gasteiger partial charge in [0.15, 0.2) is 20.4 Å². The first kappa shape index (κ1) is 36.9. The maximum atomic E-state index is 13.8. The van der Waals surface area contributed by atoms with Crippen LogP contribution in [-0.2, 0) is 39.2 Å². The molecule has 0 aromatic heterocycles. The minimum absolute atomic E-state index is 0.278. The Morgan fingerprint density at radius 2 is 1.76 bits per heavy atom. The van der Waals surface area contributed by atoms with E-state index in [1.54, 1.807) is 58.4 Å². The number of hydrogen-bond acceptors (Lipinski definition) is 10. The maximum Gasteiger partial charge on any atom is 0.329 e. The number of likely N-dealkylation sites (tertiary alicyclic amines) is 1. The summed E-state index contributed by atoms with van der Waals surface area (Å²) >= 11 is 0. The summed E-state index contributed by atoms with van der Waals surface area (Å²) in [5, 5.41) is 2.70. The van der Waals surface area contributed by atoms with Crippen LogP contribution in [0.1, 0.15) is 70.1 Å². The number of nitrogens with zero attached hydrogens (tertiary/aromatic N) is 1. The number of methoxy groups -OCH3 is 2. The highest BCUT2D eigenvalue weighted by molar-refractivity contribution is 8.72. The van der Waals surface area contributed by atoms with Gasteiger partial charge in [0, 0.05) is 23.9 Å². The average molecular weight is 677 g/mol. The van der Waals surface area contributed by atoms with Crippen LogP contribution in [0.3, 0.4) is 0 Å². The summed E-state index contributed by atoms with van der Waals surface area (Å²) in [6, 6.07) is 11.4. The third-order valence-corrected chi connectivity index (χ3v) is 10.5. The number of Topliss-reactive ketones (excluding diaryl/α,β-unsaturated/α-hetero) is 1. The Morgan fingerprint density at radius 1 is 1.04 bits per heavy atom. The summed E-state index contributed by atoms with van der Waals surface area (Å²) in [4.78, 5) is 53.9. The van der Waals surface area contributed by atoms with Crippen molar-refractivity contribution in [1.29, 1.82) is 0 Å². The number of nitrogens with one attached hydrogen (secondary N) is 1. The molecule has 0 unspecified atom stereocenters. The summed E-state index contributed by atoms with van der Waals surface area (Å²) in [5.74, 6) is -1.45. The van der Waals surface area contributed by atoms with Crippen molar-refractivity contribution in [1.82, 2.24) is 4.90 Å². The van der Waals surface area contributed by atoms with Crippen LogP contribution < -0.4 is 14.8 Å². The van der Waals surface area contributed by atoms with Crippen molar-refractivity contribution in [2.24, 2.45) is 5.41 Å². The lowest BCUT2D eigenvalue weighted by Crippen LogP contribution is -2.53. The smallest absolute Gasteiger partial charge is 0.329 e. The van der Waals surface area contributed by atoms with Crippen LogP contribution in [0.4, 0.5) is 5.69 Å². The molecular formula is C33H44N2O9S2. The fraction of sp³-hybridized carbons (Fsp3) is 0.515. The molecule has 1 N–H and O–H groups in total. The molecule has 0 radical (unpaired) electrons. The largest absolute Gasteiger partial charge is 0.493 e. The van der Waals surface area contributed by atoms with Gasteiger partial charge in [0.25, 0.3) is 5.91 Å². The lowest BCUT2D eigenvalue weighted by Gasteiger charge is -2.36. The molecule has 2 aromatic rings. The number of hydrogen-bond donors (Lipinski definition) is 1. The van der Waals surface area contributed by atoms with E-state index in [4.69, 9.17) is 14.2 Å². The molecule has 2 amide bonds.